The average Bonchev–Trinajstić information content (AvgIpc) is 2.56. The molecule has 1 saturated heterocycles. The summed E-state index contributed by atoms with van der Waals surface area (Å²) in [5, 5.41) is 13.2. The van der Waals surface area contributed by atoms with E-state index in [1.165, 1.54) is 0 Å². The van der Waals surface area contributed by atoms with Gasteiger partial charge in [0, 0.05) is 25.6 Å². The van der Waals surface area contributed by atoms with Gasteiger partial charge < -0.3 is 15.3 Å². The van der Waals surface area contributed by atoms with Crippen LogP contribution in [0.2, 0.25) is 0 Å². The van der Waals surface area contributed by atoms with Gasteiger partial charge in [-0.05, 0) is 24.8 Å². The van der Waals surface area contributed by atoms with Crippen LogP contribution in [0.15, 0.2) is 30.3 Å². The number of hydrogen-bond acceptors (Lipinski definition) is 3. The van der Waals surface area contributed by atoms with Crippen molar-refractivity contribution in [3.63, 3.8) is 0 Å². The summed E-state index contributed by atoms with van der Waals surface area (Å²) in [5.41, 5.74) is 0.755. The highest BCUT2D eigenvalue weighted by Crippen LogP contribution is 2.19. The van der Waals surface area contributed by atoms with Crippen LogP contribution >= 0.6 is 0 Å². The molecule has 2 atom stereocenters. The first kappa shape index (κ1) is 17.5. The molecule has 0 radical (unpaired) electrons. The van der Waals surface area contributed by atoms with Crippen LogP contribution in [0, 0.1) is 0 Å². The van der Waals surface area contributed by atoms with Crippen molar-refractivity contribution in [2.75, 3.05) is 13.1 Å². The fourth-order valence-electron chi connectivity index (χ4n) is 2.94. The molecule has 23 heavy (non-hydrogen) atoms. The number of nitrogens with one attached hydrogen (secondary N) is 1. The van der Waals surface area contributed by atoms with E-state index in [-0.39, 0.29) is 24.3 Å². The summed E-state index contributed by atoms with van der Waals surface area (Å²) in [4.78, 5) is 25.8. The monoisotopic (exact) mass is 318 g/mol. The lowest BCUT2D eigenvalue weighted by Gasteiger charge is -2.33. The molecular formula is C18H26N2O3. The van der Waals surface area contributed by atoms with Crippen LogP contribution in [0.5, 0.6) is 0 Å². The Morgan fingerprint density at radius 3 is 2.78 bits per heavy atom. The third-order valence-electron chi connectivity index (χ3n) is 4.17. The zero-order valence-electron chi connectivity index (χ0n) is 13.7. The van der Waals surface area contributed by atoms with Crippen molar-refractivity contribution in [3.05, 3.63) is 35.9 Å². The normalized spacial score (nSPS) is 19.2. The quantitative estimate of drug-likeness (QED) is 0.843. The van der Waals surface area contributed by atoms with Gasteiger partial charge in [-0.25, -0.2) is 0 Å². The van der Waals surface area contributed by atoms with Crippen LogP contribution in [0.3, 0.4) is 0 Å². The molecule has 126 valence electrons. The number of hydrogen-bond donors (Lipinski definition) is 2. The van der Waals surface area contributed by atoms with E-state index in [0.717, 1.165) is 24.8 Å². The number of amides is 2. The maximum absolute atomic E-state index is 12.4. The first-order valence-electron chi connectivity index (χ1n) is 8.40. The Kier molecular flexibility index (Phi) is 6.59. The molecule has 0 saturated carbocycles. The molecule has 2 N–H and O–H groups in total. The number of aliphatic hydroxyl groups excluding tert-OH is 1. The van der Waals surface area contributed by atoms with Gasteiger partial charge in [-0.2, -0.15) is 0 Å². The van der Waals surface area contributed by atoms with Crippen molar-refractivity contribution >= 4 is 11.8 Å². The van der Waals surface area contributed by atoms with E-state index in [2.05, 4.69) is 5.32 Å². The third-order valence-corrected chi connectivity index (χ3v) is 4.17. The van der Waals surface area contributed by atoms with Crippen LogP contribution in [0.1, 0.15) is 50.7 Å². The minimum atomic E-state index is -0.779. The van der Waals surface area contributed by atoms with Crippen molar-refractivity contribution in [3.8, 4) is 0 Å². The maximum atomic E-state index is 12.4. The summed E-state index contributed by atoms with van der Waals surface area (Å²) in [6.07, 6.45) is 2.44. The zero-order chi connectivity index (χ0) is 16.7. The molecule has 1 heterocycles. The fourth-order valence-corrected chi connectivity index (χ4v) is 2.94. The number of likely N-dealkylation sites (tertiary alicyclic amines) is 1. The molecule has 1 aliphatic heterocycles. The Bertz CT molecular complexity index is 518. The van der Waals surface area contributed by atoms with E-state index in [9.17, 15) is 14.7 Å². The summed E-state index contributed by atoms with van der Waals surface area (Å²) < 4.78 is 0. The number of aliphatic hydroxyl groups is 1. The maximum Gasteiger partial charge on any atom is 0.225 e. The molecule has 0 bridgehead atoms. The first-order chi connectivity index (χ1) is 11.1. The average molecular weight is 318 g/mol. The summed E-state index contributed by atoms with van der Waals surface area (Å²) >= 11 is 0. The molecule has 0 aromatic heterocycles. The second-order valence-electron chi connectivity index (χ2n) is 6.13. The molecular weight excluding hydrogens is 292 g/mol. The Labute approximate surface area is 137 Å². The van der Waals surface area contributed by atoms with E-state index in [1.807, 2.05) is 37.3 Å². The predicted molar refractivity (Wildman–Crippen MR) is 88.7 cm³/mol. The van der Waals surface area contributed by atoms with Crippen molar-refractivity contribution in [1.29, 1.82) is 0 Å². The summed E-state index contributed by atoms with van der Waals surface area (Å²) in [5.74, 6) is -0.00749. The SMILES string of the molecule is CCCC(=O)NC1CCCN(C(=O)CC(O)c2ccccc2)C1. The van der Waals surface area contributed by atoms with Gasteiger partial charge in [-0.1, -0.05) is 37.3 Å². The number of piperidine rings is 1. The highest BCUT2D eigenvalue weighted by molar-refractivity contribution is 5.78. The van der Waals surface area contributed by atoms with Gasteiger partial charge in [-0.15, -0.1) is 0 Å². The van der Waals surface area contributed by atoms with E-state index in [1.54, 1.807) is 4.90 Å². The van der Waals surface area contributed by atoms with Crippen LogP contribution < -0.4 is 5.32 Å². The Morgan fingerprint density at radius 1 is 1.35 bits per heavy atom. The minimum absolute atomic E-state index is 0.0284. The first-order valence-corrected chi connectivity index (χ1v) is 8.40. The minimum Gasteiger partial charge on any atom is -0.388 e. The van der Waals surface area contributed by atoms with Crippen LogP contribution in [0.25, 0.3) is 0 Å². The molecule has 1 aromatic carbocycles. The Hall–Kier alpha value is -1.88. The van der Waals surface area contributed by atoms with E-state index in [4.69, 9.17) is 0 Å². The summed E-state index contributed by atoms with van der Waals surface area (Å²) in [6, 6.07) is 9.25. The van der Waals surface area contributed by atoms with Gasteiger partial charge in [0.2, 0.25) is 11.8 Å². The van der Waals surface area contributed by atoms with Crippen molar-refractivity contribution in [2.24, 2.45) is 0 Å². The van der Waals surface area contributed by atoms with Gasteiger partial charge >= 0.3 is 0 Å². The number of benzene rings is 1. The molecule has 5 heteroatoms. The van der Waals surface area contributed by atoms with E-state index >= 15 is 0 Å². The molecule has 2 unspecified atom stereocenters. The lowest BCUT2D eigenvalue weighted by Crippen LogP contribution is -2.49. The predicted octanol–water partition coefficient (Wildman–Crippen LogP) is 2.02. The van der Waals surface area contributed by atoms with Crippen molar-refractivity contribution in [2.45, 2.75) is 51.2 Å². The van der Waals surface area contributed by atoms with Crippen LogP contribution in [-0.2, 0) is 9.59 Å². The van der Waals surface area contributed by atoms with Gasteiger partial charge in [0.15, 0.2) is 0 Å². The summed E-state index contributed by atoms with van der Waals surface area (Å²) in [6.45, 7) is 3.21. The molecule has 1 fully saturated rings. The van der Waals surface area contributed by atoms with Gasteiger partial charge in [-0.3, -0.25) is 9.59 Å². The van der Waals surface area contributed by atoms with Gasteiger partial charge in [0.05, 0.1) is 12.5 Å². The second-order valence-corrected chi connectivity index (χ2v) is 6.13. The summed E-state index contributed by atoms with van der Waals surface area (Å²) in [7, 11) is 0. The Morgan fingerprint density at radius 2 is 2.09 bits per heavy atom. The molecule has 0 aliphatic carbocycles. The van der Waals surface area contributed by atoms with Crippen molar-refractivity contribution in [1.82, 2.24) is 10.2 Å². The second kappa shape index (κ2) is 8.67. The molecule has 1 aromatic rings. The molecule has 1 aliphatic rings. The number of rotatable bonds is 6. The highest BCUT2D eigenvalue weighted by atomic mass is 16.3. The molecule has 5 nitrogen and oxygen atoms in total. The Balaban J connectivity index is 1.85. The molecule has 2 rings (SSSR count). The van der Waals surface area contributed by atoms with Crippen LogP contribution in [0.4, 0.5) is 0 Å². The molecule has 0 spiro atoms. The van der Waals surface area contributed by atoms with E-state index < -0.39 is 6.10 Å². The zero-order valence-corrected chi connectivity index (χ0v) is 13.7. The third kappa shape index (κ3) is 5.36. The number of carbonyl (C=O) groups is 2. The topological polar surface area (TPSA) is 69.6 Å². The molecule has 2 amide bonds. The number of carbonyl (C=O) groups excluding carboxylic acids is 2. The fraction of sp³-hybridized carbons (Fsp3) is 0.556. The van der Waals surface area contributed by atoms with Gasteiger partial charge in [0.1, 0.15) is 0 Å². The highest BCUT2D eigenvalue weighted by Gasteiger charge is 2.26. The van der Waals surface area contributed by atoms with Crippen LogP contribution in [-0.4, -0.2) is 41.0 Å². The van der Waals surface area contributed by atoms with Crippen molar-refractivity contribution < 1.29 is 14.7 Å². The lowest BCUT2D eigenvalue weighted by atomic mass is 10.0. The lowest BCUT2D eigenvalue weighted by molar-refractivity contribution is -0.135. The standard InChI is InChI=1S/C18H26N2O3/c1-2-7-17(22)19-15-10-6-11-20(13-15)18(23)12-16(21)14-8-4-3-5-9-14/h3-5,8-9,15-16,21H,2,6-7,10-13H2,1H3,(H,19,22). The largest absolute Gasteiger partial charge is 0.388 e. The van der Waals surface area contributed by atoms with Gasteiger partial charge in [0.25, 0.3) is 0 Å². The number of nitrogens with zero attached hydrogens (tertiary/aromatic N) is 1. The smallest absolute Gasteiger partial charge is 0.225 e. The van der Waals surface area contributed by atoms with E-state index in [0.29, 0.717) is 19.5 Å².